The van der Waals surface area contributed by atoms with Crippen LogP contribution >= 0.6 is 0 Å². The standard InChI is InChI=1S/C23H32N2O6/c1-29-13-12-25-21(27)15-23(22(25)28,18-9-4-5-10-19(18)31-3)14-20(26)24-11-7-6-8-17(24)16-30-2/h4-5,9-10,17H,6-8,11-16H2,1-3H3. The minimum absolute atomic E-state index is 0.0160. The number of hydrogen-bond acceptors (Lipinski definition) is 6. The lowest BCUT2D eigenvalue weighted by Crippen LogP contribution is -2.49. The maximum atomic E-state index is 13.6. The van der Waals surface area contributed by atoms with Gasteiger partial charge in [-0.05, 0) is 25.3 Å². The summed E-state index contributed by atoms with van der Waals surface area (Å²) in [5.74, 6) is -0.305. The van der Waals surface area contributed by atoms with Crippen molar-refractivity contribution in [2.75, 3.05) is 47.6 Å². The topological polar surface area (TPSA) is 85.4 Å². The van der Waals surface area contributed by atoms with Crippen molar-refractivity contribution in [3.05, 3.63) is 29.8 Å². The van der Waals surface area contributed by atoms with E-state index in [0.717, 1.165) is 19.3 Å². The first-order valence-corrected chi connectivity index (χ1v) is 10.7. The summed E-state index contributed by atoms with van der Waals surface area (Å²) in [6.45, 7) is 1.50. The Labute approximate surface area is 183 Å². The molecule has 3 amide bonds. The Balaban J connectivity index is 1.98. The van der Waals surface area contributed by atoms with Crippen LogP contribution in [0, 0.1) is 0 Å². The molecule has 2 heterocycles. The second-order valence-electron chi connectivity index (χ2n) is 8.17. The van der Waals surface area contributed by atoms with E-state index in [9.17, 15) is 14.4 Å². The van der Waals surface area contributed by atoms with Gasteiger partial charge in [-0.25, -0.2) is 0 Å². The number of methoxy groups -OCH3 is 3. The van der Waals surface area contributed by atoms with Gasteiger partial charge in [-0.1, -0.05) is 18.2 Å². The highest BCUT2D eigenvalue weighted by Crippen LogP contribution is 2.44. The Hall–Kier alpha value is -2.45. The average Bonchev–Trinajstić information content (AvgIpc) is 3.02. The van der Waals surface area contributed by atoms with Gasteiger partial charge in [-0.15, -0.1) is 0 Å². The van der Waals surface area contributed by atoms with Crippen molar-refractivity contribution in [1.82, 2.24) is 9.80 Å². The quantitative estimate of drug-likeness (QED) is 0.553. The van der Waals surface area contributed by atoms with Crippen LogP contribution in [0.3, 0.4) is 0 Å². The third-order valence-corrected chi connectivity index (χ3v) is 6.31. The van der Waals surface area contributed by atoms with Gasteiger partial charge in [-0.2, -0.15) is 0 Å². The number of para-hydroxylation sites is 1. The van der Waals surface area contributed by atoms with Crippen LogP contribution in [0.5, 0.6) is 5.75 Å². The molecule has 8 nitrogen and oxygen atoms in total. The van der Waals surface area contributed by atoms with Gasteiger partial charge in [0.05, 0.1) is 38.3 Å². The fraction of sp³-hybridized carbons (Fsp3) is 0.609. The predicted molar refractivity (Wildman–Crippen MR) is 114 cm³/mol. The molecule has 31 heavy (non-hydrogen) atoms. The predicted octanol–water partition coefficient (Wildman–Crippen LogP) is 1.76. The van der Waals surface area contributed by atoms with Gasteiger partial charge >= 0.3 is 0 Å². The summed E-state index contributed by atoms with van der Waals surface area (Å²) < 4.78 is 15.9. The van der Waals surface area contributed by atoms with Gasteiger partial charge in [0.1, 0.15) is 5.75 Å². The van der Waals surface area contributed by atoms with Crippen molar-refractivity contribution >= 4 is 17.7 Å². The molecule has 2 unspecified atom stereocenters. The van der Waals surface area contributed by atoms with Gasteiger partial charge in [0.15, 0.2) is 0 Å². The van der Waals surface area contributed by atoms with Crippen molar-refractivity contribution in [3.8, 4) is 5.75 Å². The third-order valence-electron chi connectivity index (χ3n) is 6.31. The summed E-state index contributed by atoms with van der Waals surface area (Å²) in [5.41, 5.74) is -0.715. The van der Waals surface area contributed by atoms with Gasteiger partial charge in [-0.3, -0.25) is 19.3 Å². The monoisotopic (exact) mass is 432 g/mol. The average molecular weight is 433 g/mol. The van der Waals surface area contributed by atoms with Crippen LogP contribution in [0.2, 0.25) is 0 Å². The zero-order valence-corrected chi connectivity index (χ0v) is 18.6. The molecule has 1 aromatic rings. The van der Waals surface area contributed by atoms with Gasteiger partial charge in [0.2, 0.25) is 17.7 Å². The van der Waals surface area contributed by atoms with Crippen molar-refractivity contribution in [3.63, 3.8) is 0 Å². The zero-order valence-electron chi connectivity index (χ0n) is 18.6. The van der Waals surface area contributed by atoms with Crippen molar-refractivity contribution in [2.24, 2.45) is 0 Å². The molecule has 2 atom stereocenters. The van der Waals surface area contributed by atoms with Crippen molar-refractivity contribution in [1.29, 1.82) is 0 Å². The lowest BCUT2D eigenvalue weighted by molar-refractivity contribution is -0.144. The molecular formula is C23H32N2O6. The molecule has 0 saturated carbocycles. The largest absolute Gasteiger partial charge is 0.496 e. The van der Waals surface area contributed by atoms with Gasteiger partial charge in [0, 0.05) is 39.2 Å². The third kappa shape index (κ3) is 4.60. The molecule has 0 bridgehead atoms. The van der Waals surface area contributed by atoms with E-state index >= 15 is 0 Å². The van der Waals surface area contributed by atoms with E-state index in [4.69, 9.17) is 14.2 Å². The molecule has 0 spiro atoms. The number of imide groups is 1. The fourth-order valence-electron chi connectivity index (χ4n) is 4.75. The molecule has 0 radical (unpaired) electrons. The molecule has 0 N–H and O–H groups in total. The first kappa shape index (κ1) is 23.2. The lowest BCUT2D eigenvalue weighted by Gasteiger charge is -2.38. The Kier molecular flexibility index (Phi) is 7.67. The maximum absolute atomic E-state index is 13.6. The molecule has 170 valence electrons. The highest BCUT2D eigenvalue weighted by molar-refractivity contribution is 6.11. The smallest absolute Gasteiger partial charge is 0.241 e. The normalized spacial score (nSPS) is 24.0. The zero-order chi connectivity index (χ0) is 22.4. The van der Waals surface area contributed by atoms with Crippen LogP contribution in [-0.2, 0) is 29.3 Å². The van der Waals surface area contributed by atoms with Crippen LogP contribution in [0.4, 0.5) is 0 Å². The Morgan fingerprint density at radius 2 is 1.90 bits per heavy atom. The molecule has 3 rings (SSSR count). The summed E-state index contributed by atoms with van der Waals surface area (Å²) >= 11 is 0. The van der Waals surface area contributed by atoms with Crippen LogP contribution < -0.4 is 4.74 Å². The van der Waals surface area contributed by atoms with Crippen LogP contribution in [0.1, 0.15) is 37.7 Å². The number of carbonyl (C=O) groups is 3. The van der Waals surface area contributed by atoms with Crippen LogP contribution in [0.25, 0.3) is 0 Å². The maximum Gasteiger partial charge on any atom is 0.241 e. The summed E-state index contributed by atoms with van der Waals surface area (Å²) in [5, 5.41) is 0. The Morgan fingerprint density at radius 1 is 1.13 bits per heavy atom. The summed E-state index contributed by atoms with van der Waals surface area (Å²) in [7, 11) is 4.67. The number of ether oxygens (including phenoxy) is 3. The van der Waals surface area contributed by atoms with E-state index in [1.165, 1.54) is 19.1 Å². The summed E-state index contributed by atoms with van der Waals surface area (Å²) in [6.07, 6.45) is 2.68. The number of piperidine rings is 1. The number of rotatable bonds is 9. The molecule has 0 aromatic heterocycles. The fourth-order valence-corrected chi connectivity index (χ4v) is 4.75. The highest BCUT2D eigenvalue weighted by Gasteiger charge is 2.55. The number of benzene rings is 1. The Morgan fingerprint density at radius 3 is 2.61 bits per heavy atom. The first-order chi connectivity index (χ1) is 15.0. The summed E-state index contributed by atoms with van der Waals surface area (Å²) in [6, 6.07) is 7.12. The lowest BCUT2D eigenvalue weighted by atomic mass is 9.75. The van der Waals surface area contributed by atoms with E-state index in [0.29, 0.717) is 24.5 Å². The number of amides is 3. The highest BCUT2D eigenvalue weighted by atomic mass is 16.5. The molecule has 0 aliphatic carbocycles. The number of nitrogens with zero attached hydrogens (tertiary/aromatic N) is 2. The summed E-state index contributed by atoms with van der Waals surface area (Å²) in [4.78, 5) is 43.1. The molecular weight excluding hydrogens is 400 g/mol. The molecule has 8 heteroatoms. The first-order valence-electron chi connectivity index (χ1n) is 10.7. The van der Waals surface area contributed by atoms with Crippen molar-refractivity contribution in [2.45, 2.75) is 43.6 Å². The van der Waals surface area contributed by atoms with Crippen molar-refractivity contribution < 1.29 is 28.6 Å². The van der Waals surface area contributed by atoms with E-state index in [1.807, 2.05) is 4.90 Å². The van der Waals surface area contributed by atoms with Gasteiger partial charge in [0.25, 0.3) is 0 Å². The molecule has 2 aliphatic rings. The Bertz CT molecular complexity index is 811. The molecule has 2 aliphatic heterocycles. The minimum Gasteiger partial charge on any atom is -0.496 e. The molecule has 2 fully saturated rings. The van der Waals surface area contributed by atoms with E-state index in [2.05, 4.69) is 0 Å². The second-order valence-corrected chi connectivity index (χ2v) is 8.17. The van der Waals surface area contributed by atoms with E-state index < -0.39 is 5.41 Å². The van der Waals surface area contributed by atoms with Gasteiger partial charge < -0.3 is 19.1 Å². The van der Waals surface area contributed by atoms with Crippen LogP contribution in [-0.4, -0.2) is 81.2 Å². The van der Waals surface area contributed by atoms with E-state index in [-0.39, 0.29) is 49.8 Å². The van der Waals surface area contributed by atoms with E-state index in [1.54, 1.807) is 31.4 Å². The molecule has 1 aromatic carbocycles. The van der Waals surface area contributed by atoms with Crippen LogP contribution in [0.15, 0.2) is 24.3 Å². The SMILES string of the molecule is COCCN1C(=O)CC(CC(=O)N2CCCCC2COC)(c2ccccc2OC)C1=O. The number of carbonyl (C=O) groups excluding carboxylic acids is 3. The second kappa shape index (κ2) is 10.2. The number of hydrogen-bond donors (Lipinski definition) is 0. The molecule has 2 saturated heterocycles. The number of likely N-dealkylation sites (tertiary alicyclic amines) is 2. The minimum atomic E-state index is -1.29.